The summed E-state index contributed by atoms with van der Waals surface area (Å²) in [6.45, 7) is 4.46. The Morgan fingerprint density at radius 2 is 1.86 bits per heavy atom. The normalized spacial score (nSPS) is 15.7. The second-order valence-electron chi connectivity index (χ2n) is 7.28. The average Bonchev–Trinajstić information content (AvgIpc) is 3.07. The lowest BCUT2D eigenvalue weighted by Crippen LogP contribution is -2.38. The molecule has 1 aliphatic rings. The van der Waals surface area contributed by atoms with E-state index in [1.54, 1.807) is 29.9 Å². The van der Waals surface area contributed by atoms with E-state index < -0.39 is 10.0 Å². The number of benzene rings is 1. The Morgan fingerprint density at radius 1 is 1.21 bits per heavy atom. The van der Waals surface area contributed by atoms with Crippen LogP contribution in [-0.2, 0) is 16.6 Å². The third-order valence-corrected chi connectivity index (χ3v) is 7.25. The molecule has 28 heavy (non-hydrogen) atoms. The van der Waals surface area contributed by atoms with E-state index in [0.717, 1.165) is 31.4 Å². The number of sulfonamides is 1. The second-order valence-corrected chi connectivity index (χ2v) is 9.28. The van der Waals surface area contributed by atoms with Gasteiger partial charge in [-0.25, -0.2) is 13.1 Å². The number of amides is 1. The first-order valence-electron chi connectivity index (χ1n) is 9.77. The summed E-state index contributed by atoms with van der Waals surface area (Å²) in [7, 11) is -1.91. The number of carbonyl (C=O) groups is 1. The zero-order valence-corrected chi connectivity index (χ0v) is 17.5. The topological polar surface area (TPSA) is 84.3 Å². The largest absolute Gasteiger partial charge is 0.307 e. The number of rotatable bonds is 6. The van der Waals surface area contributed by atoms with Crippen molar-refractivity contribution in [1.29, 1.82) is 0 Å². The number of nitrogens with one attached hydrogen (secondary N) is 1. The van der Waals surface area contributed by atoms with Crippen LogP contribution >= 0.6 is 0 Å². The predicted octanol–water partition coefficient (Wildman–Crippen LogP) is 3.42. The first-order valence-corrected chi connectivity index (χ1v) is 11.2. The van der Waals surface area contributed by atoms with Crippen molar-refractivity contribution in [3.05, 3.63) is 41.6 Å². The Balaban J connectivity index is 1.74. The molecule has 3 rings (SSSR count). The quantitative estimate of drug-likeness (QED) is 0.799. The van der Waals surface area contributed by atoms with E-state index >= 15 is 0 Å². The van der Waals surface area contributed by atoms with Crippen LogP contribution < -0.4 is 5.32 Å². The first kappa shape index (κ1) is 20.5. The molecule has 0 radical (unpaired) electrons. The SMILES string of the molecule is CCn1nc(C)cc1NC(=O)c1ccc(S(=O)(=O)N(C)C2CCCCC2)cc1. The van der Waals surface area contributed by atoms with Gasteiger partial charge in [0.25, 0.3) is 5.91 Å². The van der Waals surface area contributed by atoms with Crippen LogP contribution in [0.15, 0.2) is 35.2 Å². The maximum atomic E-state index is 12.9. The Hall–Kier alpha value is -2.19. The Bertz CT molecular complexity index is 929. The van der Waals surface area contributed by atoms with Crippen molar-refractivity contribution in [2.24, 2.45) is 0 Å². The fourth-order valence-corrected chi connectivity index (χ4v) is 5.08. The monoisotopic (exact) mass is 404 g/mol. The maximum Gasteiger partial charge on any atom is 0.256 e. The zero-order valence-electron chi connectivity index (χ0n) is 16.7. The highest BCUT2D eigenvalue weighted by molar-refractivity contribution is 7.89. The molecule has 1 aromatic heterocycles. The fourth-order valence-electron chi connectivity index (χ4n) is 3.66. The molecule has 0 unspecified atom stereocenters. The molecular weight excluding hydrogens is 376 g/mol. The minimum Gasteiger partial charge on any atom is -0.307 e. The van der Waals surface area contributed by atoms with Crippen molar-refractivity contribution in [3.8, 4) is 0 Å². The number of hydrogen-bond acceptors (Lipinski definition) is 4. The second kappa shape index (κ2) is 8.45. The molecule has 0 aliphatic heterocycles. The molecular formula is C20H28N4O3S. The molecule has 0 atom stereocenters. The van der Waals surface area contributed by atoms with Crippen LogP contribution in [0.4, 0.5) is 5.82 Å². The third kappa shape index (κ3) is 4.28. The summed E-state index contributed by atoms with van der Waals surface area (Å²) in [5.41, 5.74) is 1.23. The van der Waals surface area contributed by atoms with Crippen molar-refractivity contribution >= 4 is 21.7 Å². The molecule has 0 bridgehead atoms. The first-order chi connectivity index (χ1) is 13.3. The Morgan fingerprint density at radius 3 is 2.46 bits per heavy atom. The number of anilines is 1. The zero-order chi connectivity index (χ0) is 20.3. The van der Waals surface area contributed by atoms with Gasteiger partial charge in [-0.05, 0) is 51.0 Å². The molecule has 152 valence electrons. The van der Waals surface area contributed by atoms with Crippen LogP contribution in [-0.4, -0.2) is 41.5 Å². The summed E-state index contributed by atoms with van der Waals surface area (Å²) in [4.78, 5) is 12.7. The van der Waals surface area contributed by atoms with Gasteiger partial charge in [-0.3, -0.25) is 4.79 Å². The summed E-state index contributed by atoms with van der Waals surface area (Å²) in [5, 5.41) is 7.14. The highest BCUT2D eigenvalue weighted by Gasteiger charge is 2.29. The summed E-state index contributed by atoms with van der Waals surface area (Å²) < 4.78 is 29.0. The molecule has 1 saturated carbocycles. The molecule has 1 N–H and O–H groups in total. The van der Waals surface area contributed by atoms with Crippen LogP contribution in [0.5, 0.6) is 0 Å². The minimum atomic E-state index is -3.56. The summed E-state index contributed by atoms with van der Waals surface area (Å²) in [6.07, 6.45) is 5.11. The Labute approximate surface area is 166 Å². The number of hydrogen-bond donors (Lipinski definition) is 1. The molecule has 1 heterocycles. The lowest BCUT2D eigenvalue weighted by molar-refractivity contribution is 0.102. The van der Waals surface area contributed by atoms with Gasteiger partial charge in [0.05, 0.1) is 10.6 Å². The minimum absolute atomic E-state index is 0.0549. The number of nitrogens with zero attached hydrogens (tertiary/aromatic N) is 3. The van der Waals surface area contributed by atoms with Crippen molar-refractivity contribution in [1.82, 2.24) is 14.1 Å². The van der Waals surface area contributed by atoms with Gasteiger partial charge in [-0.1, -0.05) is 19.3 Å². The van der Waals surface area contributed by atoms with Crippen LogP contribution in [0.25, 0.3) is 0 Å². The van der Waals surface area contributed by atoms with E-state index in [1.807, 2.05) is 13.8 Å². The van der Waals surface area contributed by atoms with Gasteiger partial charge in [-0.15, -0.1) is 0 Å². The lowest BCUT2D eigenvalue weighted by Gasteiger charge is -2.30. The highest BCUT2D eigenvalue weighted by Crippen LogP contribution is 2.26. The fraction of sp³-hybridized carbons (Fsp3) is 0.500. The number of carbonyl (C=O) groups excluding carboxylic acids is 1. The van der Waals surface area contributed by atoms with E-state index in [2.05, 4.69) is 10.4 Å². The van der Waals surface area contributed by atoms with Gasteiger partial charge in [-0.2, -0.15) is 9.40 Å². The van der Waals surface area contributed by atoms with Gasteiger partial charge < -0.3 is 5.32 Å². The predicted molar refractivity (Wildman–Crippen MR) is 109 cm³/mol. The van der Waals surface area contributed by atoms with E-state index in [9.17, 15) is 13.2 Å². The lowest BCUT2D eigenvalue weighted by atomic mass is 9.96. The Kier molecular flexibility index (Phi) is 6.20. The van der Waals surface area contributed by atoms with Crippen LogP contribution in [0, 0.1) is 6.92 Å². The molecule has 1 aromatic carbocycles. The average molecular weight is 405 g/mol. The van der Waals surface area contributed by atoms with E-state index in [1.165, 1.54) is 22.9 Å². The van der Waals surface area contributed by atoms with Crippen molar-refractivity contribution in [2.45, 2.75) is 63.4 Å². The third-order valence-electron chi connectivity index (χ3n) is 5.33. The van der Waals surface area contributed by atoms with Crippen molar-refractivity contribution < 1.29 is 13.2 Å². The highest BCUT2D eigenvalue weighted by atomic mass is 32.2. The van der Waals surface area contributed by atoms with E-state index in [-0.39, 0.29) is 16.8 Å². The molecule has 2 aromatic rings. The van der Waals surface area contributed by atoms with Gasteiger partial charge in [0.1, 0.15) is 5.82 Å². The smallest absolute Gasteiger partial charge is 0.256 e. The molecule has 1 amide bonds. The summed E-state index contributed by atoms with van der Waals surface area (Å²) >= 11 is 0. The van der Waals surface area contributed by atoms with E-state index in [4.69, 9.17) is 0 Å². The van der Waals surface area contributed by atoms with E-state index in [0.29, 0.717) is 17.9 Å². The number of aryl methyl sites for hydroxylation is 2. The van der Waals surface area contributed by atoms with Gasteiger partial charge >= 0.3 is 0 Å². The van der Waals surface area contributed by atoms with Gasteiger partial charge in [0.15, 0.2) is 0 Å². The summed E-state index contributed by atoms with van der Waals surface area (Å²) in [5.74, 6) is 0.331. The van der Waals surface area contributed by atoms with Crippen LogP contribution in [0.3, 0.4) is 0 Å². The van der Waals surface area contributed by atoms with Crippen LogP contribution in [0.1, 0.15) is 55.1 Å². The summed E-state index contributed by atoms with van der Waals surface area (Å²) in [6, 6.07) is 7.98. The van der Waals surface area contributed by atoms with Crippen LogP contribution in [0.2, 0.25) is 0 Å². The molecule has 1 fully saturated rings. The molecule has 8 heteroatoms. The number of aromatic nitrogens is 2. The molecule has 1 aliphatic carbocycles. The van der Waals surface area contributed by atoms with Gasteiger partial charge in [0, 0.05) is 31.3 Å². The molecule has 0 spiro atoms. The standard InChI is InChI=1S/C20H28N4O3S/c1-4-24-19(14-15(2)22-24)21-20(25)16-10-12-18(13-11-16)28(26,27)23(3)17-8-6-5-7-9-17/h10-14,17H,4-9H2,1-3H3,(H,21,25). The maximum absolute atomic E-state index is 12.9. The van der Waals surface area contributed by atoms with Crippen molar-refractivity contribution in [3.63, 3.8) is 0 Å². The van der Waals surface area contributed by atoms with Crippen molar-refractivity contribution in [2.75, 3.05) is 12.4 Å². The van der Waals surface area contributed by atoms with Gasteiger partial charge in [0.2, 0.25) is 10.0 Å². The molecule has 0 saturated heterocycles. The molecule has 7 nitrogen and oxygen atoms in total.